The highest BCUT2D eigenvalue weighted by molar-refractivity contribution is 5.89. The van der Waals surface area contributed by atoms with E-state index >= 15 is 0 Å². The minimum absolute atomic E-state index is 0.106. The molecule has 1 aromatic rings. The van der Waals surface area contributed by atoms with Crippen LogP contribution in [0.4, 0.5) is 5.95 Å². The molecule has 88 valence electrons. The van der Waals surface area contributed by atoms with Crippen LogP contribution < -0.4 is 11.1 Å². The van der Waals surface area contributed by atoms with Crippen LogP contribution in [0, 0.1) is 13.8 Å². The van der Waals surface area contributed by atoms with Gasteiger partial charge in [-0.15, -0.1) is 0 Å². The van der Waals surface area contributed by atoms with Crippen LogP contribution in [0.5, 0.6) is 0 Å². The number of carbonyl (C=O) groups is 1. The van der Waals surface area contributed by atoms with Crippen molar-refractivity contribution < 1.29 is 4.79 Å². The SMILES string of the molecule is CCC(N)CC(=O)Nc1nc(C)cc(C)n1. The number of aryl methyl sites for hydroxylation is 2. The lowest BCUT2D eigenvalue weighted by Gasteiger charge is -2.09. The monoisotopic (exact) mass is 222 g/mol. The lowest BCUT2D eigenvalue weighted by molar-refractivity contribution is -0.116. The summed E-state index contributed by atoms with van der Waals surface area (Å²) in [4.78, 5) is 19.8. The number of aromatic nitrogens is 2. The first kappa shape index (κ1) is 12.6. The van der Waals surface area contributed by atoms with E-state index in [1.165, 1.54) is 0 Å². The van der Waals surface area contributed by atoms with Gasteiger partial charge in [0.05, 0.1) is 0 Å². The minimum Gasteiger partial charge on any atom is -0.327 e. The molecule has 1 unspecified atom stereocenters. The van der Waals surface area contributed by atoms with E-state index in [4.69, 9.17) is 5.73 Å². The maximum absolute atomic E-state index is 11.5. The van der Waals surface area contributed by atoms with Crippen molar-refractivity contribution in [2.45, 2.75) is 39.7 Å². The summed E-state index contributed by atoms with van der Waals surface area (Å²) in [6.07, 6.45) is 1.08. The van der Waals surface area contributed by atoms with Crippen molar-refractivity contribution in [3.8, 4) is 0 Å². The first-order chi connectivity index (χ1) is 7.51. The molecule has 3 N–H and O–H groups in total. The average Bonchev–Trinajstić information content (AvgIpc) is 2.15. The van der Waals surface area contributed by atoms with Crippen LogP contribution in [-0.4, -0.2) is 21.9 Å². The summed E-state index contributed by atoms with van der Waals surface area (Å²) in [7, 11) is 0. The molecule has 0 aliphatic rings. The fourth-order valence-corrected chi connectivity index (χ4v) is 1.34. The number of nitrogens with one attached hydrogen (secondary N) is 1. The fourth-order valence-electron chi connectivity index (χ4n) is 1.34. The Morgan fingerprint density at radius 3 is 2.50 bits per heavy atom. The van der Waals surface area contributed by atoms with Crippen molar-refractivity contribution in [3.05, 3.63) is 17.5 Å². The molecule has 1 amide bonds. The first-order valence-corrected chi connectivity index (χ1v) is 5.39. The number of anilines is 1. The van der Waals surface area contributed by atoms with E-state index < -0.39 is 0 Å². The topological polar surface area (TPSA) is 80.9 Å². The standard InChI is InChI=1S/C11H18N4O/c1-4-9(12)6-10(16)15-11-13-7(2)5-8(3)14-11/h5,9H,4,6,12H2,1-3H3,(H,13,14,15,16). The normalized spacial score (nSPS) is 12.2. The van der Waals surface area contributed by atoms with Gasteiger partial charge in [0.2, 0.25) is 11.9 Å². The second-order valence-electron chi connectivity index (χ2n) is 3.89. The summed E-state index contributed by atoms with van der Waals surface area (Å²) < 4.78 is 0. The van der Waals surface area contributed by atoms with E-state index in [1.54, 1.807) is 0 Å². The van der Waals surface area contributed by atoms with Gasteiger partial charge in [0.25, 0.3) is 0 Å². The molecule has 1 atom stereocenters. The minimum atomic E-state index is -0.139. The van der Waals surface area contributed by atoms with Crippen LogP contribution >= 0.6 is 0 Å². The summed E-state index contributed by atoms with van der Waals surface area (Å²) in [5, 5.41) is 2.65. The molecule has 0 saturated carbocycles. The van der Waals surface area contributed by atoms with Crippen LogP contribution in [0.1, 0.15) is 31.2 Å². The van der Waals surface area contributed by atoms with Crippen LogP contribution in [0.15, 0.2) is 6.07 Å². The Labute approximate surface area is 95.5 Å². The second-order valence-corrected chi connectivity index (χ2v) is 3.89. The highest BCUT2D eigenvalue weighted by Crippen LogP contribution is 2.04. The number of carbonyl (C=O) groups excluding carboxylic acids is 1. The Hall–Kier alpha value is -1.49. The number of rotatable bonds is 4. The van der Waals surface area contributed by atoms with Crippen molar-refractivity contribution in [2.75, 3.05) is 5.32 Å². The molecule has 5 heteroatoms. The molecular formula is C11H18N4O. The second kappa shape index (κ2) is 5.55. The van der Waals surface area contributed by atoms with E-state index in [0.29, 0.717) is 12.4 Å². The maximum Gasteiger partial charge on any atom is 0.229 e. The molecule has 5 nitrogen and oxygen atoms in total. The number of nitrogens with two attached hydrogens (primary N) is 1. The summed E-state index contributed by atoms with van der Waals surface area (Å²) in [6, 6.07) is 1.75. The molecule has 0 aliphatic heterocycles. The van der Waals surface area contributed by atoms with Crippen molar-refractivity contribution >= 4 is 11.9 Å². The van der Waals surface area contributed by atoms with E-state index in [9.17, 15) is 4.79 Å². The van der Waals surface area contributed by atoms with Gasteiger partial charge in [-0.25, -0.2) is 9.97 Å². The van der Waals surface area contributed by atoms with E-state index in [1.807, 2.05) is 26.8 Å². The average molecular weight is 222 g/mol. The molecule has 1 aromatic heterocycles. The molecule has 1 rings (SSSR count). The summed E-state index contributed by atoms with van der Waals surface area (Å²) in [5.74, 6) is 0.213. The lowest BCUT2D eigenvalue weighted by atomic mass is 10.1. The summed E-state index contributed by atoms with van der Waals surface area (Å²) in [5.41, 5.74) is 7.36. The maximum atomic E-state index is 11.5. The van der Waals surface area contributed by atoms with Gasteiger partial charge in [0.1, 0.15) is 0 Å². The van der Waals surface area contributed by atoms with Crippen molar-refractivity contribution in [1.82, 2.24) is 9.97 Å². The third kappa shape index (κ3) is 3.94. The predicted octanol–water partition coefficient (Wildman–Crippen LogP) is 1.16. The van der Waals surface area contributed by atoms with Gasteiger partial charge >= 0.3 is 0 Å². The highest BCUT2D eigenvalue weighted by atomic mass is 16.1. The zero-order valence-electron chi connectivity index (χ0n) is 9.95. The molecule has 0 saturated heterocycles. The van der Waals surface area contributed by atoms with Gasteiger partial charge in [-0.2, -0.15) is 0 Å². The molecule has 0 spiro atoms. The number of amides is 1. The molecule has 0 aromatic carbocycles. The van der Waals surface area contributed by atoms with Gasteiger partial charge in [-0.1, -0.05) is 6.92 Å². The van der Waals surface area contributed by atoms with Crippen molar-refractivity contribution in [2.24, 2.45) is 5.73 Å². The molecule has 0 fully saturated rings. The summed E-state index contributed by atoms with van der Waals surface area (Å²) >= 11 is 0. The number of nitrogens with zero attached hydrogens (tertiary/aromatic N) is 2. The van der Waals surface area contributed by atoms with Crippen LogP contribution in [0.25, 0.3) is 0 Å². The Morgan fingerprint density at radius 2 is 2.00 bits per heavy atom. The molecule has 0 bridgehead atoms. The molecule has 0 aliphatic carbocycles. The van der Waals surface area contributed by atoms with Gasteiger partial charge in [0, 0.05) is 23.9 Å². The molecule has 0 radical (unpaired) electrons. The summed E-state index contributed by atoms with van der Waals surface area (Å²) in [6.45, 7) is 5.68. The van der Waals surface area contributed by atoms with Crippen molar-refractivity contribution in [3.63, 3.8) is 0 Å². The Morgan fingerprint density at radius 1 is 1.44 bits per heavy atom. The molecule has 16 heavy (non-hydrogen) atoms. The quantitative estimate of drug-likeness (QED) is 0.801. The number of hydrogen-bond donors (Lipinski definition) is 2. The Bertz CT molecular complexity index is 358. The van der Waals surface area contributed by atoms with Crippen LogP contribution in [0.3, 0.4) is 0 Å². The van der Waals surface area contributed by atoms with Crippen LogP contribution in [0.2, 0.25) is 0 Å². The van der Waals surface area contributed by atoms with Gasteiger partial charge in [-0.3, -0.25) is 10.1 Å². The highest BCUT2D eigenvalue weighted by Gasteiger charge is 2.09. The Kier molecular flexibility index (Phi) is 4.37. The molecular weight excluding hydrogens is 204 g/mol. The predicted molar refractivity (Wildman–Crippen MR) is 63.0 cm³/mol. The first-order valence-electron chi connectivity index (χ1n) is 5.39. The third-order valence-corrected chi connectivity index (χ3v) is 2.21. The van der Waals surface area contributed by atoms with Crippen molar-refractivity contribution in [1.29, 1.82) is 0 Å². The van der Waals surface area contributed by atoms with Gasteiger partial charge < -0.3 is 5.73 Å². The number of hydrogen-bond acceptors (Lipinski definition) is 4. The Balaban J connectivity index is 2.62. The van der Waals surface area contributed by atoms with Gasteiger partial charge in [0.15, 0.2) is 0 Å². The van der Waals surface area contributed by atoms with Crippen LogP contribution in [-0.2, 0) is 4.79 Å². The largest absolute Gasteiger partial charge is 0.327 e. The zero-order chi connectivity index (χ0) is 12.1. The third-order valence-electron chi connectivity index (χ3n) is 2.21. The van der Waals surface area contributed by atoms with E-state index in [0.717, 1.165) is 17.8 Å². The smallest absolute Gasteiger partial charge is 0.229 e. The zero-order valence-corrected chi connectivity index (χ0v) is 9.95. The fraction of sp³-hybridized carbons (Fsp3) is 0.545. The van der Waals surface area contributed by atoms with E-state index in [2.05, 4.69) is 15.3 Å². The van der Waals surface area contributed by atoms with Gasteiger partial charge in [-0.05, 0) is 26.3 Å². The van der Waals surface area contributed by atoms with E-state index in [-0.39, 0.29) is 11.9 Å². The lowest BCUT2D eigenvalue weighted by Crippen LogP contribution is -2.26. The molecule has 1 heterocycles.